The van der Waals surface area contributed by atoms with Crippen molar-refractivity contribution in [2.75, 3.05) is 6.54 Å². The van der Waals surface area contributed by atoms with Gasteiger partial charge in [-0.15, -0.1) is 0 Å². The van der Waals surface area contributed by atoms with Crippen molar-refractivity contribution in [3.8, 4) is 11.4 Å². The molecule has 4 nitrogen and oxygen atoms in total. The van der Waals surface area contributed by atoms with E-state index in [-0.39, 0.29) is 0 Å². The first-order valence-corrected chi connectivity index (χ1v) is 6.39. The number of hydrogen-bond acceptors (Lipinski definition) is 3. The van der Waals surface area contributed by atoms with Crippen LogP contribution in [-0.4, -0.2) is 21.7 Å². The summed E-state index contributed by atoms with van der Waals surface area (Å²) < 4.78 is 0. The summed E-state index contributed by atoms with van der Waals surface area (Å²) in [6.45, 7) is 5.03. The number of nitrogens with zero attached hydrogens (tertiary/aromatic N) is 2. The number of nitrogens with two attached hydrogens (primary N) is 1. The Bertz CT molecular complexity index is 485. The van der Waals surface area contributed by atoms with Crippen molar-refractivity contribution in [3.63, 3.8) is 0 Å². The Balaban J connectivity index is 2.12. The molecular formula is C14H20N4. The summed E-state index contributed by atoms with van der Waals surface area (Å²) in [5, 5.41) is 7.11. The lowest BCUT2D eigenvalue weighted by Gasteiger charge is -2.04. The van der Waals surface area contributed by atoms with Gasteiger partial charge in [0, 0.05) is 12.0 Å². The normalized spacial score (nSPS) is 11.1. The monoisotopic (exact) mass is 244 g/mol. The molecule has 4 heteroatoms. The van der Waals surface area contributed by atoms with E-state index in [4.69, 9.17) is 5.73 Å². The van der Waals surface area contributed by atoms with E-state index in [1.54, 1.807) is 0 Å². The van der Waals surface area contributed by atoms with Crippen LogP contribution in [0.4, 0.5) is 0 Å². The van der Waals surface area contributed by atoms with Crippen molar-refractivity contribution < 1.29 is 0 Å². The van der Waals surface area contributed by atoms with E-state index in [9.17, 15) is 0 Å². The maximum Gasteiger partial charge on any atom is 0.181 e. The highest BCUT2D eigenvalue weighted by Crippen LogP contribution is 2.17. The maximum atomic E-state index is 5.49. The van der Waals surface area contributed by atoms with E-state index in [1.165, 1.54) is 5.56 Å². The average Bonchev–Trinajstić information content (AvgIpc) is 2.78. The van der Waals surface area contributed by atoms with Gasteiger partial charge >= 0.3 is 0 Å². The van der Waals surface area contributed by atoms with Gasteiger partial charge in [0.25, 0.3) is 0 Å². The van der Waals surface area contributed by atoms with Crippen molar-refractivity contribution in [2.45, 2.75) is 26.7 Å². The molecule has 2 aromatic rings. The minimum Gasteiger partial charge on any atom is -0.330 e. The van der Waals surface area contributed by atoms with Crippen LogP contribution in [0.5, 0.6) is 0 Å². The highest BCUT2D eigenvalue weighted by atomic mass is 15.2. The number of hydrogen-bond donors (Lipinski definition) is 2. The van der Waals surface area contributed by atoms with Gasteiger partial charge in [0.05, 0.1) is 0 Å². The minimum absolute atomic E-state index is 0.585. The molecule has 1 aromatic carbocycles. The second kappa shape index (κ2) is 5.78. The van der Waals surface area contributed by atoms with E-state index in [0.29, 0.717) is 12.5 Å². The molecule has 0 amide bonds. The van der Waals surface area contributed by atoms with Crippen molar-refractivity contribution in [1.82, 2.24) is 15.2 Å². The molecule has 0 aliphatic rings. The largest absolute Gasteiger partial charge is 0.330 e. The van der Waals surface area contributed by atoms with Crippen molar-refractivity contribution in [1.29, 1.82) is 0 Å². The molecule has 96 valence electrons. The summed E-state index contributed by atoms with van der Waals surface area (Å²) in [5.74, 6) is 2.27. The number of H-pyrrole nitrogens is 1. The van der Waals surface area contributed by atoms with E-state index in [2.05, 4.69) is 53.3 Å². The molecule has 0 bridgehead atoms. The van der Waals surface area contributed by atoms with Crippen LogP contribution in [0.2, 0.25) is 0 Å². The van der Waals surface area contributed by atoms with Crippen LogP contribution in [-0.2, 0) is 12.8 Å². The molecular weight excluding hydrogens is 224 g/mol. The van der Waals surface area contributed by atoms with Gasteiger partial charge in [-0.25, -0.2) is 4.98 Å². The van der Waals surface area contributed by atoms with Gasteiger partial charge in [-0.05, 0) is 24.4 Å². The van der Waals surface area contributed by atoms with Crippen LogP contribution in [0.3, 0.4) is 0 Å². The quantitative estimate of drug-likeness (QED) is 0.847. The molecule has 0 aliphatic carbocycles. The van der Waals surface area contributed by atoms with Crippen LogP contribution < -0.4 is 5.73 Å². The fourth-order valence-electron chi connectivity index (χ4n) is 1.93. The zero-order chi connectivity index (χ0) is 13.0. The van der Waals surface area contributed by atoms with Gasteiger partial charge in [0.15, 0.2) is 5.82 Å². The smallest absolute Gasteiger partial charge is 0.181 e. The number of rotatable bonds is 5. The molecule has 0 aliphatic heterocycles. The lowest BCUT2D eigenvalue weighted by molar-refractivity contribution is 0.647. The van der Waals surface area contributed by atoms with Crippen molar-refractivity contribution in [2.24, 2.45) is 11.7 Å². The van der Waals surface area contributed by atoms with Crippen molar-refractivity contribution in [3.05, 3.63) is 35.7 Å². The van der Waals surface area contributed by atoms with Gasteiger partial charge in [-0.1, -0.05) is 38.1 Å². The first-order valence-electron chi connectivity index (χ1n) is 6.39. The maximum absolute atomic E-state index is 5.49. The summed E-state index contributed by atoms with van der Waals surface area (Å²) in [5.41, 5.74) is 7.88. The van der Waals surface area contributed by atoms with Gasteiger partial charge in [-0.3, -0.25) is 5.10 Å². The topological polar surface area (TPSA) is 67.6 Å². The summed E-state index contributed by atoms with van der Waals surface area (Å²) in [7, 11) is 0. The van der Waals surface area contributed by atoms with E-state index in [1.807, 2.05) is 0 Å². The Morgan fingerprint density at radius 1 is 1.22 bits per heavy atom. The Morgan fingerprint density at radius 2 is 1.94 bits per heavy atom. The van der Waals surface area contributed by atoms with Gasteiger partial charge < -0.3 is 5.73 Å². The molecule has 0 radical (unpaired) electrons. The Labute approximate surface area is 108 Å². The molecule has 0 atom stereocenters. The molecule has 0 saturated carbocycles. The van der Waals surface area contributed by atoms with Crippen molar-refractivity contribution >= 4 is 0 Å². The van der Waals surface area contributed by atoms with Crippen LogP contribution in [0.1, 0.15) is 25.2 Å². The third-order valence-electron chi connectivity index (χ3n) is 2.77. The van der Waals surface area contributed by atoms with Gasteiger partial charge in [0.2, 0.25) is 0 Å². The Kier molecular flexibility index (Phi) is 4.10. The third kappa shape index (κ3) is 3.17. The van der Waals surface area contributed by atoms with Crippen LogP contribution in [0, 0.1) is 5.92 Å². The van der Waals surface area contributed by atoms with E-state index in [0.717, 1.165) is 30.1 Å². The number of nitrogens with one attached hydrogen (secondary N) is 1. The van der Waals surface area contributed by atoms with E-state index < -0.39 is 0 Å². The molecule has 3 N–H and O–H groups in total. The van der Waals surface area contributed by atoms with Crippen LogP contribution in [0.25, 0.3) is 11.4 Å². The Hall–Kier alpha value is -1.68. The number of benzene rings is 1. The molecule has 1 heterocycles. The molecule has 2 rings (SSSR count). The zero-order valence-electron chi connectivity index (χ0n) is 11.0. The van der Waals surface area contributed by atoms with Crippen LogP contribution >= 0.6 is 0 Å². The van der Waals surface area contributed by atoms with E-state index >= 15 is 0 Å². The first kappa shape index (κ1) is 12.8. The molecule has 18 heavy (non-hydrogen) atoms. The summed E-state index contributed by atoms with van der Waals surface area (Å²) in [6, 6.07) is 8.45. The summed E-state index contributed by atoms with van der Waals surface area (Å²) in [6.07, 6.45) is 1.84. The molecule has 0 spiro atoms. The molecule has 1 aromatic heterocycles. The fraction of sp³-hybridized carbons (Fsp3) is 0.429. The Morgan fingerprint density at radius 3 is 2.56 bits per heavy atom. The zero-order valence-corrected chi connectivity index (χ0v) is 11.0. The average molecular weight is 244 g/mol. The lowest BCUT2D eigenvalue weighted by Crippen LogP contribution is -2.03. The second-order valence-electron chi connectivity index (χ2n) is 4.94. The van der Waals surface area contributed by atoms with Gasteiger partial charge in [-0.2, -0.15) is 5.10 Å². The van der Waals surface area contributed by atoms with Crippen LogP contribution in [0.15, 0.2) is 24.3 Å². The second-order valence-corrected chi connectivity index (χ2v) is 4.94. The molecule has 0 unspecified atom stereocenters. The predicted octanol–water partition coefficient (Wildman–Crippen LogP) is 2.17. The van der Waals surface area contributed by atoms with Gasteiger partial charge in [0.1, 0.15) is 5.82 Å². The molecule has 0 saturated heterocycles. The SMILES string of the molecule is CC(C)Cc1ccc(-c2n[nH]c(CCN)n2)cc1. The molecule has 0 fully saturated rings. The number of aromatic nitrogens is 3. The highest BCUT2D eigenvalue weighted by molar-refractivity contribution is 5.54. The number of aromatic amines is 1. The summed E-state index contributed by atoms with van der Waals surface area (Å²) in [4.78, 5) is 4.41. The summed E-state index contributed by atoms with van der Waals surface area (Å²) >= 11 is 0. The fourth-order valence-corrected chi connectivity index (χ4v) is 1.93. The highest BCUT2D eigenvalue weighted by Gasteiger charge is 2.05. The standard InChI is InChI=1S/C14H20N4/c1-10(2)9-11-3-5-12(6-4-11)14-16-13(7-8-15)17-18-14/h3-6,10H,7-9,15H2,1-2H3,(H,16,17,18). The first-order chi connectivity index (χ1) is 8.69. The lowest BCUT2D eigenvalue weighted by atomic mass is 10.0. The predicted molar refractivity (Wildman–Crippen MR) is 73.1 cm³/mol. The minimum atomic E-state index is 0.585. The third-order valence-corrected chi connectivity index (χ3v) is 2.77.